The molecule has 2 aromatic heterocycles. The molecule has 0 radical (unpaired) electrons. The van der Waals surface area contributed by atoms with E-state index in [0.29, 0.717) is 18.1 Å². The number of para-hydroxylation sites is 1. The number of aromatic nitrogens is 2. The van der Waals surface area contributed by atoms with Crippen LogP contribution in [0.2, 0.25) is 0 Å². The van der Waals surface area contributed by atoms with Gasteiger partial charge in [0.15, 0.2) is 5.69 Å². The van der Waals surface area contributed by atoms with Gasteiger partial charge in [0.1, 0.15) is 6.26 Å². The van der Waals surface area contributed by atoms with Gasteiger partial charge in [-0.1, -0.05) is 48.0 Å². The predicted molar refractivity (Wildman–Crippen MR) is 137 cm³/mol. The van der Waals surface area contributed by atoms with Crippen molar-refractivity contribution in [3.8, 4) is 0 Å². The number of hydrogen-bond donors (Lipinski definition) is 1. The molecule has 1 aliphatic heterocycles. The fourth-order valence-electron chi connectivity index (χ4n) is 4.63. The maximum atomic E-state index is 12.9. The summed E-state index contributed by atoms with van der Waals surface area (Å²) >= 11 is 0. The average Bonchev–Trinajstić information content (AvgIpc) is 3.51. The van der Waals surface area contributed by atoms with Gasteiger partial charge in [-0.2, -0.15) is 0 Å². The molecule has 0 saturated carbocycles. The molecule has 3 heterocycles. The Morgan fingerprint density at radius 1 is 1.06 bits per heavy atom. The highest BCUT2D eigenvalue weighted by Crippen LogP contribution is 2.20. The first-order chi connectivity index (χ1) is 17.0. The molecule has 1 saturated heterocycles. The first-order valence-electron chi connectivity index (χ1n) is 12.3. The Balaban J connectivity index is 1.29. The molecule has 0 bridgehead atoms. The SMILES string of the molecule is Cc1ccc(CN(CCc2c[nH]c3ccccc23)Cc2nc(C(=O)N3CCN(C)CC3)co2)cc1. The molecule has 5 rings (SSSR count). The van der Waals surface area contributed by atoms with Gasteiger partial charge < -0.3 is 19.2 Å². The number of aromatic amines is 1. The summed E-state index contributed by atoms with van der Waals surface area (Å²) in [6.45, 7) is 7.50. The highest BCUT2D eigenvalue weighted by atomic mass is 16.3. The fourth-order valence-corrected chi connectivity index (χ4v) is 4.63. The van der Waals surface area contributed by atoms with Crippen molar-refractivity contribution in [3.05, 3.63) is 89.3 Å². The van der Waals surface area contributed by atoms with Crippen LogP contribution >= 0.6 is 0 Å². The van der Waals surface area contributed by atoms with Gasteiger partial charge in [-0.3, -0.25) is 9.69 Å². The Morgan fingerprint density at radius 2 is 1.83 bits per heavy atom. The Hall–Kier alpha value is -3.42. The van der Waals surface area contributed by atoms with Crippen molar-refractivity contribution in [1.82, 2.24) is 24.7 Å². The van der Waals surface area contributed by atoms with Crippen LogP contribution in [0.4, 0.5) is 0 Å². The van der Waals surface area contributed by atoms with Crippen molar-refractivity contribution < 1.29 is 9.21 Å². The van der Waals surface area contributed by atoms with E-state index in [4.69, 9.17) is 4.42 Å². The van der Waals surface area contributed by atoms with E-state index >= 15 is 0 Å². The monoisotopic (exact) mass is 471 g/mol. The minimum absolute atomic E-state index is 0.0445. The second-order valence-electron chi connectivity index (χ2n) is 9.53. The Kier molecular flexibility index (Phi) is 6.97. The number of benzene rings is 2. The van der Waals surface area contributed by atoms with E-state index in [2.05, 4.69) is 88.5 Å². The molecule has 1 amide bonds. The van der Waals surface area contributed by atoms with Crippen LogP contribution in [0, 0.1) is 6.92 Å². The molecule has 7 nitrogen and oxygen atoms in total. The van der Waals surface area contributed by atoms with E-state index in [9.17, 15) is 4.79 Å². The number of carbonyl (C=O) groups excluding carboxylic acids is 1. The average molecular weight is 472 g/mol. The van der Waals surface area contributed by atoms with E-state index < -0.39 is 0 Å². The van der Waals surface area contributed by atoms with Gasteiger partial charge in [-0.15, -0.1) is 0 Å². The second-order valence-corrected chi connectivity index (χ2v) is 9.53. The van der Waals surface area contributed by atoms with Gasteiger partial charge in [0.25, 0.3) is 5.91 Å². The van der Waals surface area contributed by atoms with Crippen molar-refractivity contribution in [2.75, 3.05) is 39.8 Å². The van der Waals surface area contributed by atoms with Gasteiger partial charge in [0, 0.05) is 56.4 Å². The van der Waals surface area contributed by atoms with Crippen LogP contribution in [-0.4, -0.2) is 70.3 Å². The maximum absolute atomic E-state index is 12.9. The molecule has 1 aliphatic rings. The molecular weight excluding hydrogens is 438 g/mol. The number of carbonyl (C=O) groups is 1. The zero-order valence-electron chi connectivity index (χ0n) is 20.5. The van der Waals surface area contributed by atoms with Gasteiger partial charge >= 0.3 is 0 Å². The quantitative estimate of drug-likeness (QED) is 0.419. The normalized spacial score (nSPS) is 14.8. The molecule has 1 N–H and O–H groups in total. The lowest BCUT2D eigenvalue weighted by Crippen LogP contribution is -2.47. The summed E-state index contributed by atoms with van der Waals surface area (Å²) in [4.78, 5) is 27.3. The summed E-state index contributed by atoms with van der Waals surface area (Å²) in [5.74, 6) is 0.533. The Labute approximate surface area is 206 Å². The van der Waals surface area contributed by atoms with E-state index in [-0.39, 0.29) is 5.91 Å². The molecule has 7 heteroatoms. The van der Waals surface area contributed by atoms with Crippen molar-refractivity contribution in [1.29, 1.82) is 0 Å². The van der Waals surface area contributed by atoms with Crippen molar-refractivity contribution in [2.45, 2.75) is 26.4 Å². The molecule has 4 aromatic rings. The lowest BCUT2D eigenvalue weighted by Gasteiger charge is -2.31. The third-order valence-corrected chi connectivity index (χ3v) is 6.82. The van der Waals surface area contributed by atoms with Gasteiger partial charge in [0.2, 0.25) is 5.89 Å². The minimum atomic E-state index is -0.0445. The summed E-state index contributed by atoms with van der Waals surface area (Å²) < 4.78 is 5.78. The summed E-state index contributed by atoms with van der Waals surface area (Å²) in [7, 11) is 2.08. The summed E-state index contributed by atoms with van der Waals surface area (Å²) in [5.41, 5.74) is 5.35. The minimum Gasteiger partial charge on any atom is -0.447 e. The zero-order valence-corrected chi connectivity index (χ0v) is 20.5. The number of likely N-dealkylation sites (N-methyl/N-ethyl adjacent to an activating group) is 1. The molecule has 0 spiro atoms. The van der Waals surface area contributed by atoms with Gasteiger partial charge in [-0.05, 0) is 37.6 Å². The highest BCUT2D eigenvalue weighted by molar-refractivity contribution is 5.92. The van der Waals surface area contributed by atoms with Gasteiger partial charge in [-0.25, -0.2) is 4.98 Å². The van der Waals surface area contributed by atoms with Crippen LogP contribution in [0.5, 0.6) is 0 Å². The van der Waals surface area contributed by atoms with Crippen LogP contribution < -0.4 is 0 Å². The van der Waals surface area contributed by atoms with E-state index in [0.717, 1.165) is 51.2 Å². The predicted octanol–water partition coefficient (Wildman–Crippen LogP) is 4.10. The van der Waals surface area contributed by atoms with Crippen LogP contribution in [-0.2, 0) is 19.5 Å². The number of H-pyrrole nitrogens is 1. The van der Waals surface area contributed by atoms with Gasteiger partial charge in [0.05, 0.1) is 6.54 Å². The summed E-state index contributed by atoms with van der Waals surface area (Å²) in [6, 6.07) is 17.0. The molecular formula is C28H33N5O2. The standard InChI is InChI=1S/C28H33N5O2/c1-21-7-9-22(10-8-21)18-32(12-11-23-17-29-25-6-4-3-5-24(23)25)19-27-30-26(20-35-27)28(34)33-15-13-31(2)14-16-33/h3-10,17,20,29H,11-16,18-19H2,1-2H3. The second kappa shape index (κ2) is 10.5. The van der Waals surface area contributed by atoms with Crippen molar-refractivity contribution >= 4 is 16.8 Å². The lowest BCUT2D eigenvalue weighted by molar-refractivity contribution is 0.0658. The van der Waals surface area contributed by atoms with E-state index in [1.165, 1.54) is 28.3 Å². The number of rotatable bonds is 8. The highest BCUT2D eigenvalue weighted by Gasteiger charge is 2.23. The number of oxazole rings is 1. The van der Waals surface area contributed by atoms with Crippen LogP contribution in [0.3, 0.4) is 0 Å². The first-order valence-corrected chi connectivity index (χ1v) is 12.3. The number of aryl methyl sites for hydroxylation is 1. The largest absolute Gasteiger partial charge is 0.447 e. The topological polar surface area (TPSA) is 68.6 Å². The number of hydrogen-bond acceptors (Lipinski definition) is 5. The molecule has 2 aromatic carbocycles. The molecule has 0 atom stereocenters. The molecule has 1 fully saturated rings. The van der Waals surface area contributed by atoms with E-state index in [1.54, 1.807) is 0 Å². The third-order valence-electron chi connectivity index (χ3n) is 6.82. The molecule has 182 valence electrons. The number of nitrogens with one attached hydrogen (secondary N) is 1. The van der Waals surface area contributed by atoms with Crippen molar-refractivity contribution in [2.24, 2.45) is 0 Å². The Morgan fingerprint density at radius 3 is 2.63 bits per heavy atom. The Bertz CT molecular complexity index is 1270. The zero-order chi connectivity index (χ0) is 24.2. The maximum Gasteiger partial charge on any atom is 0.275 e. The molecule has 0 aliphatic carbocycles. The first kappa shape index (κ1) is 23.3. The lowest BCUT2D eigenvalue weighted by atomic mass is 10.1. The summed E-state index contributed by atoms with van der Waals surface area (Å²) in [5, 5.41) is 1.26. The van der Waals surface area contributed by atoms with Crippen LogP contribution in [0.15, 0.2) is 65.4 Å². The number of piperazine rings is 1. The fraction of sp³-hybridized carbons (Fsp3) is 0.357. The smallest absolute Gasteiger partial charge is 0.275 e. The number of nitrogens with zero attached hydrogens (tertiary/aromatic N) is 4. The molecule has 0 unspecified atom stereocenters. The summed E-state index contributed by atoms with van der Waals surface area (Å²) in [6.07, 6.45) is 4.52. The van der Waals surface area contributed by atoms with Crippen LogP contribution in [0.25, 0.3) is 10.9 Å². The van der Waals surface area contributed by atoms with Crippen LogP contribution in [0.1, 0.15) is 33.1 Å². The van der Waals surface area contributed by atoms with E-state index in [1.807, 2.05) is 4.90 Å². The third kappa shape index (κ3) is 5.63. The number of fused-ring (bicyclic) bond motifs is 1. The number of amides is 1. The van der Waals surface area contributed by atoms with Crippen molar-refractivity contribution in [3.63, 3.8) is 0 Å². The molecule has 35 heavy (non-hydrogen) atoms.